The second-order valence-electron chi connectivity index (χ2n) is 4.22. The van der Waals surface area contributed by atoms with Crippen molar-refractivity contribution >= 4 is 0 Å². The minimum Gasteiger partial charge on any atom is -0.0845 e. The van der Waals surface area contributed by atoms with Gasteiger partial charge < -0.3 is 0 Å². The Morgan fingerprint density at radius 3 is 2.31 bits per heavy atom. The summed E-state index contributed by atoms with van der Waals surface area (Å²) in [5.41, 5.74) is 0.698. The Labute approximate surface area is 102 Å². The Balaban J connectivity index is 3.28. The highest BCUT2D eigenvalue weighted by Crippen LogP contribution is 2.07. The molecule has 0 aromatic rings. The molecule has 0 fully saturated rings. The molecule has 0 aliphatic carbocycles. The van der Waals surface area contributed by atoms with E-state index in [0.29, 0.717) is 5.57 Å². The van der Waals surface area contributed by atoms with Crippen LogP contribution in [0.1, 0.15) is 65.2 Å². The largest absolute Gasteiger partial charge is 0.0845 e. The smallest absolute Gasteiger partial charge is 0.00612 e. The fraction of sp³-hybridized carbons (Fsp3) is 0.625. The zero-order valence-corrected chi connectivity index (χ0v) is 11.0. The number of hydrogen-bond donors (Lipinski definition) is 0. The molecule has 0 heterocycles. The van der Waals surface area contributed by atoms with E-state index in [-0.39, 0.29) is 0 Å². The molecule has 0 saturated carbocycles. The van der Waals surface area contributed by atoms with E-state index in [1.54, 1.807) is 0 Å². The van der Waals surface area contributed by atoms with Crippen molar-refractivity contribution in [2.45, 2.75) is 65.2 Å². The third kappa shape index (κ3) is 11.3. The van der Waals surface area contributed by atoms with Crippen LogP contribution in [0.25, 0.3) is 0 Å². The van der Waals surface area contributed by atoms with Gasteiger partial charge in [-0.3, -0.25) is 0 Å². The molecule has 0 saturated heterocycles. The van der Waals surface area contributed by atoms with Crippen LogP contribution in [0.3, 0.4) is 0 Å². The summed E-state index contributed by atoms with van der Waals surface area (Å²) in [7, 11) is 0. The van der Waals surface area contributed by atoms with Crippen molar-refractivity contribution in [2.24, 2.45) is 0 Å². The van der Waals surface area contributed by atoms with Crippen LogP contribution < -0.4 is 0 Å². The molecular formula is C16H26. The summed E-state index contributed by atoms with van der Waals surface area (Å²) in [6.07, 6.45) is 18.3. The second-order valence-corrected chi connectivity index (χ2v) is 4.22. The van der Waals surface area contributed by atoms with Crippen molar-refractivity contribution in [3.05, 3.63) is 36.5 Å². The first kappa shape index (κ1) is 15.2. The van der Waals surface area contributed by atoms with E-state index in [9.17, 15) is 0 Å². The molecule has 2 radical (unpaired) electrons. The molecule has 0 aliphatic heterocycles. The topological polar surface area (TPSA) is 0 Å². The van der Waals surface area contributed by atoms with Gasteiger partial charge in [0.25, 0.3) is 0 Å². The summed E-state index contributed by atoms with van der Waals surface area (Å²) in [5, 5.41) is 0. The third-order valence-electron chi connectivity index (χ3n) is 2.65. The Morgan fingerprint density at radius 2 is 1.62 bits per heavy atom. The maximum absolute atomic E-state index is 7.43. The van der Waals surface area contributed by atoms with Gasteiger partial charge in [-0.1, -0.05) is 70.3 Å². The lowest BCUT2D eigenvalue weighted by atomic mass is 10.1. The summed E-state index contributed by atoms with van der Waals surface area (Å²) in [6, 6.07) is 0. The van der Waals surface area contributed by atoms with E-state index >= 15 is 0 Å². The van der Waals surface area contributed by atoms with Gasteiger partial charge in [-0.05, 0) is 31.4 Å². The third-order valence-corrected chi connectivity index (χ3v) is 2.65. The lowest BCUT2D eigenvalue weighted by Gasteiger charge is -1.97. The first-order chi connectivity index (χ1) is 7.81. The molecule has 90 valence electrons. The predicted octanol–water partition coefficient (Wildman–Crippen LogP) is 5.50. The molecule has 0 unspecified atom stereocenters. The van der Waals surface area contributed by atoms with Gasteiger partial charge in [0.1, 0.15) is 0 Å². The first-order valence-corrected chi connectivity index (χ1v) is 6.71. The van der Waals surface area contributed by atoms with E-state index in [0.717, 1.165) is 6.42 Å². The van der Waals surface area contributed by atoms with Crippen LogP contribution >= 0.6 is 0 Å². The molecule has 0 aromatic carbocycles. The minimum atomic E-state index is 0.698. The Morgan fingerprint density at radius 1 is 0.938 bits per heavy atom. The van der Waals surface area contributed by atoms with E-state index in [4.69, 9.17) is 6.58 Å². The predicted molar refractivity (Wildman–Crippen MR) is 73.3 cm³/mol. The Hall–Kier alpha value is -0.780. The normalized spacial score (nSPS) is 11.6. The van der Waals surface area contributed by atoms with Gasteiger partial charge in [-0.2, -0.15) is 0 Å². The van der Waals surface area contributed by atoms with Crippen LogP contribution in [0.2, 0.25) is 0 Å². The highest BCUT2D eigenvalue weighted by molar-refractivity contribution is 5.17. The van der Waals surface area contributed by atoms with Gasteiger partial charge in [-0.25, -0.2) is 0 Å². The molecular weight excluding hydrogens is 192 g/mol. The van der Waals surface area contributed by atoms with Gasteiger partial charge >= 0.3 is 0 Å². The van der Waals surface area contributed by atoms with Crippen LogP contribution in [0.4, 0.5) is 0 Å². The summed E-state index contributed by atoms with van der Waals surface area (Å²) in [6.45, 7) is 11.7. The SMILES string of the molecule is [C]=C(C=CC=CCCCCCCCC)CC. The van der Waals surface area contributed by atoms with Crippen LogP contribution in [0.5, 0.6) is 0 Å². The molecule has 0 heteroatoms. The molecule has 0 aromatic heterocycles. The highest BCUT2D eigenvalue weighted by atomic mass is 13.9. The van der Waals surface area contributed by atoms with Crippen molar-refractivity contribution in [1.82, 2.24) is 0 Å². The average molecular weight is 218 g/mol. The molecule has 0 aliphatic rings. The van der Waals surface area contributed by atoms with Crippen molar-refractivity contribution in [1.29, 1.82) is 0 Å². The first-order valence-electron chi connectivity index (χ1n) is 6.71. The average Bonchev–Trinajstić information content (AvgIpc) is 2.31. The van der Waals surface area contributed by atoms with Gasteiger partial charge in [0.05, 0.1) is 0 Å². The quantitative estimate of drug-likeness (QED) is 0.336. The lowest BCUT2D eigenvalue weighted by molar-refractivity contribution is 0.611. The van der Waals surface area contributed by atoms with Crippen molar-refractivity contribution < 1.29 is 0 Å². The van der Waals surface area contributed by atoms with Gasteiger partial charge in [0.15, 0.2) is 0 Å². The molecule has 0 nitrogen and oxygen atoms in total. The van der Waals surface area contributed by atoms with E-state index in [1.165, 1.54) is 44.9 Å². The van der Waals surface area contributed by atoms with Crippen molar-refractivity contribution in [3.8, 4) is 0 Å². The minimum absolute atomic E-state index is 0.698. The van der Waals surface area contributed by atoms with Crippen LogP contribution in [0, 0.1) is 6.58 Å². The van der Waals surface area contributed by atoms with Crippen molar-refractivity contribution in [3.63, 3.8) is 0 Å². The zero-order chi connectivity index (χ0) is 12.1. The number of allylic oxidation sites excluding steroid dienone is 5. The number of hydrogen-bond acceptors (Lipinski definition) is 0. The lowest BCUT2D eigenvalue weighted by Crippen LogP contribution is -1.77. The summed E-state index contributed by atoms with van der Waals surface area (Å²) in [5.74, 6) is 0. The van der Waals surface area contributed by atoms with Crippen LogP contribution in [0.15, 0.2) is 29.9 Å². The van der Waals surface area contributed by atoms with E-state index < -0.39 is 0 Å². The fourth-order valence-corrected chi connectivity index (χ4v) is 1.51. The van der Waals surface area contributed by atoms with E-state index in [1.807, 2.05) is 19.1 Å². The molecule has 0 amide bonds. The molecule has 16 heavy (non-hydrogen) atoms. The maximum Gasteiger partial charge on any atom is -0.00612 e. The fourth-order valence-electron chi connectivity index (χ4n) is 1.51. The van der Waals surface area contributed by atoms with Crippen LogP contribution in [-0.2, 0) is 0 Å². The van der Waals surface area contributed by atoms with Crippen molar-refractivity contribution in [2.75, 3.05) is 0 Å². The summed E-state index contributed by atoms with van der Waals surface area (Å²) in [4.78, 5) is 0. The highest BCUT2D eigenvalue weighted by Gasteiger charge is 1.87. The van der Waals surface area contributed by atoms with Gasteiger partial charge in [-0.15, -0.1) is 0 Å². The Bertz CT molecular complexity index is 208. The van der Waals surface area contributed by atoms with E-state index in [2.05, 4.69) is 19.1 Å². The number of unbranched alkanes of at least 4 members (excludes halogenated alkanes) is 6. The Kier molecular flexibility index (Phi) is 11.7. The zero-order valence-electron chi connectivity index (χ0n) is 11.0. The number of rotatable bonds is 10. The maximum atomic E-state index is 7.43. The molecule has 0 N–H and O–H groups in total. The monoisotopic (exact) mass is 218 g/mol. The molecule has 0 bridgehead atoms. The second kappa shape index (κ2) is 12.3. The molecule has 0 rings (SSSR count). The summed E-state index contributed by atoms with van der Waals surface area (Å²) >= 11 is 0. The van der Waals surface area contributed by atoms with Crippen LogP contribution in [-0.4, -0.2) is 0 Å². The standard InChI is InChI=1S/C16H26/c1-4-6-7-8-9-10-11-12-13-14-15-16(3)5-2/h12-15H,4-11H2,1-2H3. The van der Waals surface area contributed by atoms with Gasteiger partial charge in [0, 0.05) is 0 Å². The van der Waals surface area contributed by atoms with Gasteiger partial charge in [0.2, 0.25) is 0 Å². The molecule has 0 atom stereocenters. The molecule has 0 spiro atoms. The summed E-state index contributed by atoms with van der Waals surface area (Å²) < 4.78 is 0.